The van der Waals surface area contributed by atoms with Crippen LogP contribution in [0.1, 0.15) is 52.4 Å². The van der Waals surface area contributed by atoms with Crippen molar-refractivity contribution < 1.29 is 5.11 Å². The van der Waals surface area contributed by atoms with Gasteiger partial charge < -0.3 is 5.11 Å². The topological polar surface area (TPSA) is 20.2 Å². The van der Waals surface area contributed by atoms with E-state index < -0.39 is 0 Å². The maximum atomic E-state index is 9.23. The summed E-state index contributed by atoms with van der Waals surface area (Å²) in [5.74, 6) is 2.10. The van der Waals surface area contributed by atoms with Crippen LogP contribution in [0, 0.1) is 17.8 Å². The Bertz CT molecular complexity index is 125. The van der Waals surface area contributed by atoms with Crippen molar-refractivity contribution in [1.82, 2.24) is 0 Å². The Morgan fingerprint density at radius 1 is 1.15 bits per heavy atom. The Labute approximate surface area is 82.5 Å². The second-order valence-electron chi connectivity index (χ2n) is 4.93. The zero-order valence-electron chi connectivity index (χ0n) is 9.13. The predicted octanol–water partition coefficient (Wildman–Crippen LogP) is 3.22. The van der Waals surface area contributed by atoms with Gasteiger partial charge >= 0.3 is 0 Å². The first-order chi connectivity index (χ1) is 6.24. The van der Waals surface area contributed by atoms with E-state index in [4.69, 9.17) is 0 Å². The van der Waals surface area contributed by atoms with E-state index in [-0.39, 0.29) is 0 Å². The van der Waals surface area contributed by atoms with Crippen molar-refractivity contribution in [3.8, 4) is 0 Å². The number of aliphatic hydroxyl groups is 1. The van der Waals surface area contributed by atoms with Crippen LogP contribution in [0.15, 0.2) is 0 Å². The normalized spacial score (nSPS) is 22.2. The molecule has 1 aliphatic rings. The van der Waals surface area contributed by atoms with Crippen LogP contribution < -0.4 is 0 Å². The summed E-state index contributed by atoms with van der Waals surface area (Å²) >= 11 is 0. The number of hydrogen-bond donors (Lipinski definition) is 1. The number of aliphatic hydroxyl groups excluding tert-OH is 1. The van der Waals surface area contributed by atoms with Crippen molar-refractivity contribution in [1.29, 1.82) is 0 Å². The monoisotopic (exact) mass is 184 g/mol. The third-order valence-corrected chi connectivity index (χ3v) is 3.54. The van der Waals surface area contributed by atoms with Crippen molar-refractivity contribution in [2.24, 2.45) is 17.8 Å². The number of rotatable bonds is 4. The molecule has 0 bridgehead atoms. The van der Waals surface area contributed by atoms with Crippen LogP contribution in [0.3, 0.4) is 0 Å². The molecule has 1 nitrogen and oxygen atoms in total. The molecule has 78 valence electrons. The highest BCUT2D eigenvalue weighted by Gasteiger charge is 2.20. The van der Waals surface area contributed by atoms with Gasteiger partial charge in [-0.15, -0.1) is 0 Å². The van der Waals surface area contributed by atoms with Gasteiger partial charge in [0.1, 0.15) is 0 Å². The van der Waals surface area contributed by atoms with Gasteiger partial charge in [0.15, 0.2) is 0 Å². The molecule has 0 saturated heterocycles. The molecule has 0 spiro atoms. The molecule has 0 amide bonds. The first-order valence-electron chi connectivity index (χ1n) is 5.85. The zero-order valence-corrected chi connectivity index (χ0v) is 9.13. The Balaban J connectivity index is 2.27. The lowest BCUT2D eigenvalue weighted by Crippen LogP contribution is -2.19. The van der Waals surface area contributed by atoms with E-state index in [0.29, 0.717) is 18.4 Å². The molecule has 1 N–H and O–H groups in total. The second kappa shape index (κ2) is 5.64. The Morgan fingerprint density at radius 2 is 1.77 bits per heavy atom. The van der Waals surface area contributed by atoms with E-state index in [9.17, 15) is 5.11 Å². The van der Waals surface area contributed by atoms with Crippen molar-refractivity contribution in [3.05, 3.63) is 0 Å². The third-order valence-electron chi connectivity index (χ3n) is 3.54. The van der Waals surface area contributed by atoms with Gasteiger partial charge in [0.25, 0.3) is 0 Å². The van der Waals surface area contributed by atoms with Gasteiger partial charge in [-0.3, -0.25) is 0 Å². The Kier molecular flexibility index (Phi) is 4.79. The van der Waals surface area contributed by atoms with Gasteiger partial charge in [-0.05, 0) is 24.2 Å². The minimum atomic E-state index is 0.383. The van der Waals surface area contributed by atoms with E-state index in [1.807, 2.05) is 0 Å². The fraction of sp³-hybridized carbons (Fsp3) is 1.00. The summed E-state index contributed by atoms with van der Waals surface area (Å²) < 4.78 is 0. The molecule has 1 heteroatoms. The minimum Gasteiger partial charge on any atom is -0.396 e. The van der Waals surface area contributed by atoms with Gasteiger partial charge in [0.2, 0.25) is 0 Å². The SMILES string of the molecule is CC(C)C(CO)CC1CCCCC1. The van der Waals surface area contributed by atoms with E-state index in [0.717, 1.165) is 5.92 Å². The maximum absolute atomic E-state index is 9.23. The van der Waals surface area contributed by atoms with Crippen LogP contribution in [0.5, 0.6) is 0 Å². The van der Waals surface area contributed by atoms with Gasteiger partial charge in [-0.2, -0.15) is 0 Å². The molecule has 1 fully saturated rings. The van der Waals surface area contributed by atoms with Crippen LogP contribution in [0.25, 0.3) is 0 Å². The fourth-order valence-electron chi connectivity index (χ4n) is 2.41. The Hall–Kier alpha value is -0.0400. The summed E-state index contributed by atoms with van der Waals surface area (Å²) in [6.07, 6.45) is 8.34. The summed E-state index contributed by atoms with van der Waals surface area (Å²) in [4.78, 5) is 0. The molecule has 1 aliphatic carbocycles. The van der Waals surface area contributed by atoms with Gasteiger partial charge in [0.05, 0.1) is 0 Å². The van der Waals surface area contributed by atoms with Gasteiger partial charge in [-0.1, -0.05) is 46.0 Å². The third kappa shape index (κ3) is 3.68. The standard InChI is InChI=1S/C12H24O/c1-10(2)12(9-13)8-11-6-4-3-5-7-11/h10-13H,3-9H2,1-2H3. The first kappa shape index (κ1) is 11.0. The molecule has 1 atom stereocenters. The average Bonchev–Trinajstić information content (AvgIpc) is 2.15. The lowest BCUT2D eigenvalue weighted by Gasteiger charge is -2.27. The van der Waals surface area contributed by atoms with Gasteiger partial charge in [0, 0.05) is 6.61 Å². The van der Waals surface area contributed by atoms with Crippen LogP contribution in [-0.2, 0) is 0 Å². The summed E-state index contributed by atoms with van der Waals surface area (Å²) in [5.41, 5.74) is 0. The highest BCUT2D eigenvalue weighted by atomic mass is 16.3. The highest BCUT2D eigenvalue weighted by Crippen LogP contribution is 2.31. The highest BCUT2D eigenvalue weighted by molar-refractivity contribution is 4.71. The number of hydrogen-bond acceptors (Lipinski definition) is 1. The molecular formula is C12H24O. The van der Waals surface area contributed by atoms with Crippen LogP contribution >= 0.6 is 0 Å². The van der Waals surface area contributed by atoms with E-state index >= 15 is 0 Å². The molecule has 0 aromatic heterocycles. The smallest absolute Gasteiger partial charge is 0.0461 e. The molecule has 1 unspecified atom stereocenters. The molecule has 0 heterocycles. The van der Waals surface area contributed by atoms with Gasteiger partial charge in [-0.25, -0.2) is 0 Å². The van der Waals surface area contributed by atoms with Crippen molar-refractivity contribution in [2.75, 3.05) is 6.61 Å². The minimum absolute atomic E-state index is 0.383. The second-order valence-corrected chi connectivity index (χ2v) is 4.93. The maximum Gasteiger partial charge on any atom is 0.0461 e. The average molecular weight is 184 g/mol. The van der Waals surface area contributed by atoms with E-state index in [2.05, 4.69) is 13.8 Å². The summed E-state index contributed by atoms with van der Waals surface area (Å²) in [6, 6.07) is 0. The molecule has 0 radical (unpaired) electrons. The molecule has 0 aromatic rings. The first-order valence-corrected chi connectivity index (χ1v) is 5.85. The fourth-order valence-corrected chi connectivity index (χ4v) is 2.41. The quantitative estimate of drug-likeness (QED) is 0.711. The van der Waals surface area contributed by atoms with Crippen molar-refractivity contribution >= 4 is 0 Å². The summed E-state index contributed by atoms with van der Waals surface area (Å²) in [5, 5.41) is 9.23. The largest absolute Gasteiger partial charge is 0.396 e. The molecule has 0 aliphatic heterocycles. The molecule has 1 rings (SSSR count). The predicted molar refractivity (Wildman–Crippen MR) is 56.6 cm³/mol. The molecular weight excluding hydrogens is 160 g/mol. The summed E-state index contributed by atoms with van der Waals surface area (Å²) in [7, 11) is 0. The lowest BCUT2D eigenvalue weighted by molar-refractivity contribution is 0.151. The molecule has 1 saturated carbocycles. The lowest BCUT2D eigenvalue weighted by atomic mass is 9.80. The molecule has 13 heavy (non-hydrogen) atoms. The van der Waals surface area contributed by atoms with E-state index in [1.165, 1.54) is 38.5 Å². The molecule has 0 aromatic carbocycles. The van der Waals surface area contributed by atoms with Crippen LogP contribution in [-0.4, -0.2) is 11.7 Å². The van der Waals surface area contributed by atoms with Crippen molar-refractivity contribution in [2.45, 2.75) is 52.4 Å². The summed E-state index contributed by atoms with van der Waals surface area (Å²) in [6.45, 7) is 4.83. The van der Waals surface area contributed by atoms with E-state index in [1.54, 1.807) is 0 Å². The Morgan fingerprint density at radius 3 is 2.23 bits per heavy atom. The van der Waals surface area contributed by atoms with Crippen molar-refractivity contribution in [3.63, 3.8) is 0 Å². The zero-order chi connectivity index (χ0) is 9.68. The van der Waals surface area contributed by atoms with Crippen LogP contribution in [0.2, 0.25) is 0 Å². The van der Waals surface area contributed by atoms with Crippen LogP contribution in [0.4, 0.5) is 0 Å².